The number of nitrogens with zero attached hydrogens (tertiary/aromatic N) is 1. The molecule has 1 amide bonds. The summed E-state index contributed by atoms with van der Waals surface area (Å²) in [5, 5.41) is 11.0. The van der Waals surface area contributed by atoms with Crippen LogP contribution in [0.25, 0.3) is 0 Å². The average Bonchev–Trinajstić information content (AvgIpc) is 2.30. The number of aromatic nitrogens is 1. The molecule has 1 heterocycles. The lowest BCUT2D eigenvalue weighted by molar-refractivity contribution is -0.140. The largest absolute Gasteiger partial charge is 0.480 e. The van der Waals surface area contributed by atoms with E-state index in [9.17, 15) is 18.0 Å². The summed E-state index contributed by atoms with van der Waals surface area (Å²) in [6.07, 6.45) is 1.47. The van der Waals surface area contributed by atoms with Gasteiger partial charge in [0.1, 0.15) is 6.04 Å². The third kappa shape index (κ3) is 4.96. The van der Waals surface area contributed by atoms with E-state index < -0.39 is 33.5 Å². The molecule has 0 aromatic carbocycles. The van der Waals surface area contributed by atoms with Crippen LogP contribution in [0.3, 0.4) is 0 Å². The Morgan fingerprint density at radius 3 is 2.60 bits per heavy atom. The molecular weight excluding hydrogens is 284 g/mol. The van der Waals surface area contributed by atoms with Gasteiger partial charge in [-0.15, -0.1) is 0 Å². The predicted octanol–water partition coefficient (Wildman–Crippen LogP) is -0.106. The molecule has 1 atom stereocenters. The van der Waals surface area contributed by atoms with Crippen LogP contribution in [0.2, 0.25) is 0 Å². The molecule has 20 heavy (non-hydrogen) atoms. The fourth-order valence-corrected chi connectivity index (χ4v) is 3.18. The van der Waals surface area contributed by atoms with Crippen LogP contribution in [0.1, 0.15) is 18.2 Å². The number of pyridine rings is 1. The highest BCUT2D eigenvalue weighted by Gasteiger charge is 2.26. The number of carboxylic acid groups (broad SMARTS) is 1. The van der Waals surface area contributed by atoms with Crippen LogP contribution in [0, 0.1) is 6.92 Å². The van der Waals surface area contributed by atoms with Gasteiger partial charge in [-0.1, -0.05) is 6.07 Å². The van der Waals surface area contributed by atoms with E-state index in [0.29, 0.717) is 11.3 Å². The Balaban J connectivity index is 2.86. The first-order valence-electron chi connectivity index (χ1n) is 5.82. The summed E-state index contributed by atoms with van der Waals surface area (Å²) < 4.78 is 24.0. The number of carbonyl (C=O) groups excluding carboxylic acids is 1. The molecule has 0 spiro atoms. The minimum Gasteiger partial charge on any atom is -0.480 e. The first kappa shape index (κ1) is 16.1. The maximum atomic E-state index is 12.0. The second kappa shape index (κ2) is 6.47. The van der Waals surface area contributed by atoms with Crippen LogP contribution < -0.4 is 5.32 Å². The Labute approximate surface area is 116 Å². The second-order valence-electron chi connectivity index (χ2n) is 4.41. The SMILES string of the molecule is CC(=O)NC(CS(=O)(=O)Cc1ncccc1C)C(=O)O. The standard InChI is InChI=1S/C12H16N2O5S/c1-8-4-3-5-13-10(8)6-20(18,19)7-11(12(16)17)14-9(2)15/h3-5,11H,6-7H2,1-2H3,(H,14,15)(H,16,17). The van der Waals surface area contributed by atoms with Crippen molar-refractivity contribution >= 4 is 21.7 Å². The monoisotopic (exact) mass is 300 g/mol. The summed E-state index contributed by atoms with van der Waals surface area (Å²) in [5.41, 5.74) is 1.09. The van der Waals surface area contributed by atoms with Gasteiger partial charge in [0.25, 0.3) is 0 Å². The Bertz CT molecular complexity index is 612. The van der Waals surface area contributed by atoms with Crippen molar-refractivity contribution in [3.8, 4) is 0 Å². The Morgan fingerprint density at radius 1 is 1.45 bits per heavy atom. The number of carbonyl (C=O) groups is 2. The topological polar surface area (TPSA) is 113 Å². The summed E-state index contributed by atoms with van der Waals surface area (Å²) in [5.74, 6) is -3.01. The molecule has 1 aromatic heterocycles. The third-order valence-corrected chi connectivity index (χ3v) is 4.13. The van der Waals surface area contributed by atoms with Gasteiger partial charge in [0.05, 0.1) is 17.2 Å². The summed E-state index contributed by atoms with van der Waals surface area (Å²) in [4.78, 5) is 25.8. The molecule has 1 aromatic rings. The van der Waals surface area contributed by atoms with Gasteiger partial charge >= 0.3 is 5.97 Å². The summed E-state index contributed by atoms with van der Waals surface area (Å²) in [7, 11) is -3.71. The van der Waals surface area contributed by atoms with Crippen molar-refractivity contribution in [1.82, 2.24) is 10.3 Å². The van der Waals surface area contributed by atoms with Crippen LogP contribution in [0.5, 0.6) is 0 Å². The van der Waals surface area contributed by atoms with Gasteiger partial charge < -0.3 is 10.4 Å². The summed E-state index contributed by atoms with van der Waals surface area (Å²) >= 11 is 0. The first-order valence-corrected chi connectivity index (χ1v) is 7.64. The van der Waals surface area contributed by atoms with Gasteiger partial charge in [-0.05, 0) is 18.6 Å². The lowest BCUT2D eigenvalue weighted by Crippen LogP contribution is -2.44. The summed E-state index contributed by atoms with van der Waals surface area (Å²) in [6.45, 7) is 2.85. The molecular formula is C12H16N2O5S. The maximum absolute atomic E-state index is 12.0. The number of nitrogens with one attached hydrogen (secondary N) is 1. The molecule has 0 aliphatic carbocycles. The predicted molar refractivity (Wildman–Crippen MR) is 71.7 cm³/mol. The van der Waals surface area contributed by atoms with Crippen molar-refractivity contribution in [2.24, 2.45) is 0 Å². The third-order valence-electron chi connectivity index (χ3n) is 2.57. The molecule has 0 fully saturated rings. The van der Waals surface area contributed by atoms with Gasteiger partial charge in [-0.25, -0.2) is 13.2 Å². The smallest absolute Gasteiger partial charge is 0.327 e. The molecule has 8 heteroatoms. The van der Waals surface area contributed by atoms with Crippen molar-refractivity contribution < 1.29 is 23.1 Å². The van der Waals surface area contributed by atoms with E-state index in [1.54, 1.807) is 19.1 Å². The van der Waals surface area contributed by atoms with Gasteiger partial charge in [-0.3, -0.25) is 9.78 Å². The van der Waals surface area contributed by atoms with Crippen LogP contribution in [-0.2, 0) is 25.2 Å². The van der Waals surface area contributed by atoms with Crippen molar-refractivity contribution in [3.05, 3.63) is 29.6 Å². The second-order valence-corrected chi connectivity index (χ2v) is 6.52. The van der Waals surface area contributed by atoms with E-state index in [2.05, 4.69) is 10.3 Å². The zero-order chi connectivity index (χ0) is 15.3. The van der Waals surface area contributed by atoms with Gasteiger partial charge in [0.2, 0.25) is 5.91 Å². The maximum Gasteiger partial charge on any atom is 0.327 e. The molecule has 1 rings (SSSR count). The number of aryl methyl sites for hydroxylation is 1. The molecule has 0 aliphatic rings. The fraction of sp³-hybridized carbons (Fsp3) is 0.417. The normalized spacial score (nSPS) is 12.7. The van der Waals surface area contributed by atoms with Crippen LogP contribution >= 0.6 is 0 Å². The lowest BCUT2D eigenvalue weighted by atomic mass is 10.2. The molecule has 1 unspecified atom stereocenters. The van der Waals surface area contributed by atoms with Crippen molar-refractivity contribution in [2.45, 2.75) is 25.6 Å². The number of aliphatic carboxylic acids is 1. The number of carboxylic acids is 1. The van der Waals surface area contributed by atoms with Gasteiger partial charge in [-0.2, -0.15) is 0 Å². The zero-order valence-electron chi connectivity index (χ0n) is 11.2. The number of hydrogen-bond acceptors (Lipinski definition) is 5. The number of rotatable bonds is 6. The van der Waals surface area contributed by atoms with Crippen LogP contribution in [0.4, 0.5) is 0 Å². The average molecular weight is 300 g/mol. The number of hydrogen-bond donors (Lipinski definition) is 2. The minimum absolute atomic E-state index is 0.358. The highest BCUT2D eigenvalue weighted by Crippen LogP contribution is 2.10. The highest BCUT2D eigenvalue weighted by molar-refractivity contribution is 7.90. The summed E-state index contributed by atoms with van der Waals surface area (Å²) in [6, 6.07) is 1.95. The Kier molecular flexibility index (Phi) is 5.20. The van der Waals surface area contributed by atoms with E-state index in [4.69, 9.17) is 5.11 Å². The lowest BCUT2D eigenvalue weighted by Gasteiger charge is -2.13. The Morgan fingerprint density at radius 2 is 2.10 bits per heavy atom. The van der Waals surface area contributed by atoms with Crippen molar-refractivity contribution in [1.29, 1.82) is 0 Å². The Hall–Kier alpha value is -1.96. The number of amides is 1. The van der Waals surface area contributed by atoms with E-state index in [-0.39, 0.29) is 5.75 Å². The molecule has 7 nitrogen and oxygen atoms in total. The van der Waals surface area contributed by atoms with Crippen LogP contribution in [-0.4, -0.2) is 42.2 Å². The molecule has 0 radical (unpaired) electrons. The molecule has 0 bridgehead atoms. The molecule has 2 N–H and O–H groups in total. The van der Waals surface area contributed by atoms with Gasteiger partial charge in [0, 0.05) is 13.1 Å². The first-order chi connectivity index (χ1) is 9.21. The van der Waals surface area contributed by atoms with Crippen molar-refractivity contribution in [2.75, 3.05) is 5.75 Å². The fourth-order valence-electron chi connectivity index (χ4n) is 1.61. The number of sulfone groups is 1. The van der Waals surface area contributed by atoms with E-state index in [1.807, 2.05) is 0 Å². The highest BCUT2D eigenvalue weighted by atomic mass is 32.2. The van der Waals surface area contributed by atoms with Crippen molar-refractivity contribution in [3.63, 3.8) is 0 Å². The van der Waals surface area contributed by atoms with E-state index >= 15 is 0 Å². The molecule has 0 saturated carbocycles. The zero-order valence-corrected chi connectivity index (χ0v) is 12.0. The van der Waals surface area contributed by atoms with Gasteiger partial charge in [0.15, 0.2) is 9.84 Å². The quantitative estimate of drug-likeness (QED) is 0.758. The minimum atomic E-state index is -3.71. The van der Waals surface area contributed by atoms with Crippen LogP contribution in [0.15, 0.2) is 18.3 Å². The molecule has 110 valence electrons. The molecule has 0 aliphatic heterocycles. The van der Waals surface area contributed by atoms with E-state index in [0.717, 1.165) is 6.92 Å². The van der Waals surface area contributed by atoms with E-state index in [1.165, 1.54) is 6.20 Å². The molecule has 0 saturated heterocycles.